The molecule has 0 fully saturated rings. The third kappa shape index (κ3) is 9.56. The number of aryl methyl sites for hydroxylation is 1. The number of β-amino-alcohol motifs (C(OH)–C–C–N with tert-alkyl or cyclic N) is 1. The van der Waals surface area contributed by atoms with Crippen molar-refractivity contribution in [3.63, 3.8) is 0 Å². The third-order valence-corrected chi connectivity index (χ3v) is 8.05. The monoisotopic (exact) mass is 633 g/mol. The molecule has 0 spiro atoms. The Hall–Kier alpha value is -4.40. The highest BCUT2D eigenvalue weighted by Gasteiger charge is 2.38. The Morgan fingerprint density at radius 2 is 1.68 bits per heavy atom. The molecule has 4 aromatic rings. The molecular weight excluding hydrogens is 599 g/mol. The standard InChI is InChI=1S/C28H33N5O3S.C2HF3O2/c1-28(2,14-16-33-15-13-20-17-22(27(29)30)11-12-25(20)33)31-19-26(34)21-7-6-8-23(18-21)32-37(35,36)24-9-4-3-5-10-24;3-2(4,5)1(6)7/h3-13,15,17-18,26,31-32,34H,14,16,19H2,1-2H3,(H3,29,30);(H,6,7)/t26-;/m0./s1. The fourth-order valence-electron chi connectivity index (χ4n) is 4.16. The summed E-state index contributed by atoms with van der Waals surface area (Å²) in [5.41, 5.74) is 8.14. The van der Waals surface area contributed by atoms with Crippen molar-refractivity contribution in [3.8, 4) is 0 Å². The molecule has 1 heterocycles. The van der Waals surface area contributed by atoms with E-state index in [0.29, 0.717) is 23.4 Å². The van der Waals surface area contributed by atoms with Crippen LogP contribution in [0.3, 0.4) is 0 Å². The smallest absolute Gasteiger partial charge is 0.475 e. The van der Waals surface area contributed by atoms with Crippen LogP contribution >= 0.6 is 0 Å². The van der Waals surface area contributed by atoms with E-state index in [1.165, 1.54) is 12.1 Å². The van der Waals surface area contributed by atoms with Crippen molar-refractivity contribution in [1.29, 1.82) is 5.41 Å². The molecule has 0 saturated carbocycles. The van der Waals surface area contributed by atoms with Gasteiger partial charge in [0.15, 0.2) is 0 Å². The average Bonchev–Trinajstić information content (AvgIpc) is 3.37. The van der Waals surface area contributed by atoms with Gasteiger partial charge in [-0.15, -0.1) is 0 Å². The van der Waals surface area contributed by atoms with Crippen molar-refractivity contribution < 1.29 is 36.6 Å². The highest BCUT2D eigenvalue weighted by atomic mass is 32.2. The number of hydrogen-bond donors (Lipinski definition) is 6. The van der Waals surface area contributed by atoms with Gasteiger partial charge in [-0.05, 0) is 74.4 Å². The van der Waals surface area contributed by atoms with E-state index in [1.54, 1.807) is 42.5 Å². The molecule has 0 aliphatic rings. The second kappa shape index (κ2) is 13.9. The van der Waals surface area contributed by atoms with Gasteiger partial charge in [0.1, 0.15) is 5.84 Å². The normalized spacial score (nSPS) is 12.7. The number of aliphatic carboxylic acids is 1. The molecule has 0 unspecified atom stereocenters. The summed E-state index contributed by atoms with van der Waals surface area (Å²) in [6.45, 7) is 5.26. The van der Waals surface area contributed by atoms with Crippen LogP contribution in [0.2, 0.25) is 0 Å². The van der Waals surface area contributed by atoms with Gasteiger partial charge in [-0.1, -0.05) is 30.3 Å². The maximum Gasteiger partial charge on any atom is 0.490 e. The number of rotatable bonds is 11. The van der Waals surface area contributed by atoms with Gasteiger partial charge in [-0.25, -0.2) is 13.2 Å². The minimum atomic E-state index is -5.08. The number of nitrogen functional groups attached to an aromatic ring is 1. The quantitative estimate of drug-likeness (QED) is 0.101. The molecule has 1 atom stereocenters. The molecule has 4 rings (SSSR count). The molecule has 0 bridgehead atoms. The number of fused-ring (bicyclic) bond motifs is 1. The molecule has 236 valence electrons. The van der Waals surface area contributed by atoms with Crippen molar-refractivity contribution in [1.82, 2.24) is 9.88 Å². The molecule has 14 heteroatoms. The zero-order valence-corrected chi connectivity index (χ0v) is 24.8. The first-order valence-electron chi connectivity index (χ1n) is 13.3. The second-order valence-electron chi connectivity index (χ2n) is 10.6. The van der Waals surface area contributed by atoms with Gasteiger partial charge >= 0.3 is 12.1 Å². The van der Waals surface area contributed by atoms with Gasteiger partial charge in [0, 0.05) is 47.0 Å². The van der Waals surface area contributed by atoms with Crippen LogP contribution < -0.4 is 15.8 Å². The highest BCUT2D eigenvalue weighted by molar-refractivity contribution is 7.92. The van der Waals surface area contributed by atoms with Crippen molar-refractivity contribution in [2.24, 2.45) is 5.73 Å². The Balaban J connectivity index is 0.000000676. The number of halogens is 3. The zero-order valence-electron chi connectivity index (χ0n) is 24.0. The lowest BCUT2D eigenvalue weighted by Gasteiger charge is -2.28. The molecular formula is C30H34F3N5O5S. The molecule has 0 amide bonds. The number of nitrogens with zero attached hydrogens (tertiary/aromatic N) is 1. The molecule has 1 aromatic heterocycles. The number of sulfonamides is 1. The van der Waals surface area contributed by atoms with Gasteiger partial charge in [-0.3, -0.25) is 10.1 Å². The van der Waals surface area contributed by atoms with E-state index >= 15 is 0 Å². The van der Waals surface area contributed by atoms with E-state index in [1.807, 2.05) is 30.5 Å². The first-order valence-corrected chi connectivity index (χ1v) is 14.8. The zero-order chi connectivity index (χ0) is 32.7. The van der Waals surface area contributed by atoms with Crippen LogP contribution in [0.25, 0.3) is 10.9 Å². The minimum absolute atomic E-state index is 0.0534. The van der Waals surface area contributed by atoms with Crippen LogP contribution in [-0.4, -0.2) is 53.3 Å². The molecule has 0 saturated heterocycles. The maximum absolute atomic E-state index is 12.6. The third-order valence-electron chi connectivity index (χ3n) is 6.65. The number of carboxylic acid groups (broad SMARTS) is 1. The van der Waals surface area contributed by atoms with Crippen LogP contribution in [0.1, 0.15) is 37.5 Å². The van der Waals surface area contributed by atoms with E-state index in [9.17, 15) is 26.7 Å². The number of nitrogens with one attached hydrogen (secondary N) is 3. The predicted octanol–water partition coefficient (Wildman–Crippen LogP) is 4.85. The molecule has 0 aliphatic heterocycles. The van der Waals surface area contributed by atoms with Gasteiger partial charge in [0.2, 0.25) is 0 Å². The van der Waals surface area contributed by atoms with E-state index in [-0.39, 0.29) is 16.3 Å². The van der Waals surface area contributed by atoms with E-state index in [0.717, 1.165) is 23.9 Å². The molecule has 44 heavy (non-hydrogen) atoms. The Morgan fingerprint density at radius 3 is 2.30 bits per heavy atom. The summed E-state index contributed by atoms with van der Waals surface area (Å²) in [5.74, 6) is -2.70. The summed E-state index contributed by atoms with van der Waals surface area (Å²) in [7, 11) is -3.71. The molecule has 3 aromatic carbocycles. The number of carbonyl (C=O) groups is 1. The van der Waals surface area contributed by atoms with Gasteiger partial charge in [-0.2, -0.15) is 13.2 Å². The number of nitrogens with two attached hydrogens (primary N) is 1. The maximum atomic E-state index is 12.6. The lowest BCUT2D eigenvalue weighted by atomic mass is 9.99. The summed E-state index contributed by atoms with van der Waals surface area (Å²) < 4.78 is 61.8. The fourth-order valence-corrected chi connectivity index (χ4v) is 5.24. The van der Waals surface area contributed by atoms with Crippen LogP contribution in [0.15, 0.2) is 90.0 Å². The van der Waals surface area contributed by atoms with Gasteiger partial charge < -0.3 is 25.8 Å². The highest BCUT2D eigenvalue weighted by Crippen LogP contribution is 2.23. The molecule has 7 N–H and O–H groups in total. The average molecular weight is 634 g/mol. The SMILES string of the molecule is CC(C)(CCn1ccc2cc(C(=N)N)ccc21)NC[C@H](O)c1cccc(NS(=O)(=O)c2ccccc2)c1.O=C(O)C(F)(F)F. The summed E-state index contributed by atoms with van der Waals surface area (Å²) in [6.07, 6.45) is -3.05. The molecule has 10 nitrogen and oxygen atoms in total. The van der Waals surface area contributed by atoms with Crippen LogP contribution in [-0.2, 0) is 21.4 Å². The first-order chi connectivity index (χ1) is 20.5. The number of anilines is 1. The summed E-state index contributed by atoms with van der Waals surface area (Å²) in [6, 6.07) is 22.8. The van der Waals surface area contributed by atoms with Crippen LogP contribution in [0, 0.1) is 5.41 Å². The molecule has 0 radical (unpaired) electrons. The minimum Gasteiger partial charge on any atom is -0.475 e. The number of amidine groups is 1. The number of carboxylic acids is 1. The first kappa shape index (κ1) is 34.1. The predicted molar refractivity (Wildman–Crippen MR) is 162 cm³/mol. The van der Waals surface area contributed by atoms with E-state index in [4.69, 9.17) is 21.0 Å². The topological polar surface area (TPSA) is 171 Å². The Morgan fingerprint density at radius 1 is 1.02 bits per heavy atom. The summed E-state index contributed by atoms with van der Waals surface area (Å²) >= 11 is 0. The summed E-state index contributed by atoms with van der Waals surface area (Å²) in [5, 5.41) is 30.0. The number of aromatic nitrogens is 1. The van der Waals surface area contributed by atoms with Gasteiger partial charge in [0.25, 0.3) is 10.0 Å². The number of alkyl halides is 3. The van der Waals surface area contributed by atoms with Gasteiger partial charge in [0.05, 0.1) is 11.0 Å². The second-order valence-corrected chi connectivity index (χ2v) is 12.3. The number of aliphatic hydroxyl groups excluding tert-OH is 1. The fraction of sp³-hybridized carbons (Fsp3) is 0.267. The molecule has 0 aliphatic carbocycles. The Labute approximate surface area is 252 Å². The lowest BCUT2D eigenvalue weighted by molar-refractivity contribution is -0.192. The van der Waals surface area contributed by atoms with Crippen LogP contribution in [0.4, 0.5) is 18.9 Å². The summed E-state index contributed by atoms with van der Waals surface area (Å²) in [4.78, 5) is 9.08. The van der Waals surface area contributed by atoms with E-state index in [2.05, 4.69) is 28.5 Å². The van der Waals surface area contributed by atoms with Crippen LogP contribution in [0.5, 0.6) is 0 Å². The Bertz CT molecular complexity index is 1710. The van der Waals surface area contributed by atoms with E-state index < -0.39 is 28.3 Å². The number of benzene rings is 3. The largest absolute Gasteiger partial charge is 0.490 e. The van der Waals surface area contributed by atoms with Crippen molar-refractivity contribution in [2.45, 2.75) is 49.5 Å². The van der Waals surface area contributed by atoms with Crippen molar-refractivity contribution in [2.75, 3.05) is 11.3 Å². The van der Waals surface area contributed by atoms with Crippen molar-refractivity contribution in [3.05, 3.63) is 96.2 Å². The lowest BCUT2D eigenvalue weighted by Crippen LogP contribution is -2.42. The number of hydrogen-bond acceptors (Lipinski definition) is 6. The Kier molecular flexibility index (Phi) is 10.8. The number of aliphatic hydroxyl groups is 1. The van der Waals surface area contributed by atoms with Crippen molar-refractivity contribution >= 4 is 38.4 Å².